The van der Waals surface area contributed by atoms with Crippen molar-refractivity contribution in [3.05, 3.63) is 59.7 Å². The van der Waals surface area contributed by atoms with Gasteiger partial charge in [0.15, 0.2) is 11.5 Å². The Morgan fingerprint density at radius 2 is 1.71 bits per heavy atom. The van der Waals surface area contributed by atoms with Crippen molar-refractivity contribution in [3.63, 3.8) is 0 Å². The Kier molecular flexibility index (Phi) is 7.21. The average molecular weight is 425 g/mol. The van der Waals surface area contributed by atoms with Gasteiger partial charge in [-0.05, 0) is 63.8 Å². The largest absolute Gasteiger partial charge is 0.454 e. The van der Waals surface area contributed by atoms with Crippen LogP contribution in [0.25, 0.3) is 0 Å². The van der Waals surface area contributed by atoms with Crippen molar-refractivity contribution in [1.82, 2.24) is 10.2 Å². The molecule has 3 rings (SSSR count). The molecule has 1 unspecified atom stereocenters. The number of aryl methyl sites for hydroxylation is 1. The van der Waals surface area contributed by atoms with Crippen LogP contribution in [0.3, 0.4) is 0 Å². The second-order valence-corrected chi connectivity index (χ2v) is 8.93. The standard InChI is InChI=1S/C25H32N2O4/c1-18(24(29)26-25(2,3)4)27(15-14-19-8-6-5-7-9-19)23(28)13-11-20-10-12-21-22(16-20)31-17-30-21/h5-10,12,16,18H,11,13-15,17H2,1-4H3,(H,26,29). The molecule has 1 N–H and O–H groups in total. The molecule has 0 saturated heterocycles. The third-order valence-electron chi connectivity index (χ3n) is 5.21. The zero-order valence-corrected chi connectivity index (χ0v) is 18.8. The number of rotatable bonds is 8. The summed E-state index contributed by atoms with van der Waals surface area (Å²) in [6.45, 7) is 8.33. The molecule has 2 amide bonds. The van der Waals surface area contributed by atoms with Gasteiger partial charge in [-0.1, -0.05) is 36.4 Å². The second kappa shape index (κ2) is 9.86. The molecule has 0 saturated carbocycles. The van der Waals surface area contributed by atoms with Crippen LogP contribution >= 0.6 is 0 Å². The highest BCUT2D eigenvalue weighted by molar-refractivity contribution is 5.87. The SMILES string of the molecule is CC(C(=O)NC(C)(C)C)N(CCc1ccccc1)C(=O)CCc1ccc2c(c1)OCO2. The minimum absolute atomic E-state index is 0.0369. The molecule has 31 heavy (non-hydrogen) atoms. The van der Waals surface area contributed by atoms with Crippen molar-refractivity contribution < 1.29 is 19.1 Å². The minimum atomic E-state index is -0.549. The van der Waals surface area contributed by atoms with E-state index in [0.29, 0.717) is 31.6 Å². The molecule has 6 heteroatoms. The Labute approximate surface area is 184 Å². The van der Waals surface area contributed by atoms with Gasteiger partial charge in [0.2, 0.25) is 18.6 Å². The van der Waals surface area contributed by atoms with E-state index in [1.54, 1.807) is 11.8 Å². The van der Waals surface area contributed by atoms with E-state index in [4.69, 9.17) is 9.47 Å². The van der Waals surface area contributed by atoms with E-state index in [9.17, 15) is 9.59 Å². The molecule has 0 bridgehead atoms. The van der Waals surface area contributed by atoms with Crippen LogP contribution < -0.4 is 14.8 Å². The summed E-state index contributed by atoms with van der Waals surface area (Å²) in [5.41, 5.74) is 1.79. The molecule has 0 aromatic heterocycles. The maximum atomic E-state index is 13.2. The first-order valence-electron chi connectivity index (χ1n) is 10.8. The lowest BCUT2D eigenvalue weighted by molar-refractivity contribution is -0.140. The highest BCUT2D eigenvalue weighted by Crippen LogP contribution is 2.32. The van der Waals surface area contributed by atoms with Gasteiger partial charge in [0, 0.05) is 18.5 Å². The zero-order valence-electron chi connectivity index (χ0n) is 18.8. The molecule has 6 nitrogen and oxygen atoms in total. The van der Waals surface area contributed by atoms with Gasteiger partial charge in [-0.3, -0.25) is 9.59 Å². The molecule has 0 fully saturated rings. The third kappa shape index (κ3) is 6.48. The van der Waals surface area contributed by atoms with E-state index in [-0.39, 0.29) is 24.1 Å². The van der Waals surface area contributed by atoms with E-state index in [1.807, 2.05) is 69.3 Å². The summed E-state index contributed by atoms with van der Waals surface area (Å²) in [4.78, 5) is 27.7. The molecule has 166 valence electrons. The lowest BCUT2D eigenvalue weighted by atomic mass is 10.1. The van der Waals surface area contributed by atoms with E-state index >= 15 is 0 Å². The second-order valence-electron chi connectivity index (χ2n) is 8.93. The van der Waals surface area contributed by atoms with E-state index in [0.717, 1.165) is 16.9 Å². The summed E-state index contributed by atoms with van der Waals surface area (Å²) < 4.78 is 10.8. The smallest absolute Gasteiger partial charge is 0.242 e. The Morgan fingerprint density at radius 3 is 2.42 bits per heavy atom. The first-order chi connectivity index (χ1) is 14.7. The van der Waals surface area contributed by atoms with Crippen molar-refractivity contribution >= 4 is 11.8 Å². The number of amides is 2. The minimum Gasteiger partial charge on any atom is -0.454 e. The zero-order chi connectivity index (χ0) is 22.4. The van der Waals surface area contributed by atoms with Gasteiger partial charge in [-0.25, -0.2) is 0 Å². The summed E-state index contributed by atoms with van der Waals surface area (Å²) in [7, 11) is 0. The van der Waals surface area contributed by atoms with Gasteiger partial charge in [-0.15, -0.1) is 0 Å². The van der Waals surface area contributed by atoms with Crippen LogP contribution in [-0.4, -0.2) is 41.6 Å². The Morgan fingerprint density at radius 1 is 1.00 bits per heavy atom. The number of ether oxygens (including phenoxy) is 2. The van der Waals surface area contributed by atoms with Gasteiger partial charge in [0.25, 0.3) is 0 Å². The van der Waals surface area contributed by atoms with Gasteiger partial charge in [-0.2, -0.15) is 0 Å². The van der Waals surface area contributed by atoms with Crippen LogP contribution in [0, 0.1) is 0 Å². The quantitative estimate of drug-likeness (QED) is 0.701. The molecular weight excluding hydrogens is 392 g/mol. The average Bonchev–Trinajstić information content (AvgIpc) is 3.19. The lowest BCUT2D eigenvalue weighted by Gasteiger charge is -2.31. The number of nitrogens with zero attached hydrogens (tertiary/aromatic N) is 1. The van der Waals surface area contributed by atoms with E-state index in [1.165, 1.54) is 0 Å². The molecule has 2 aromatic carbocycles. The molecule has 2 aromatic rings. The van der Waals surface area contributed by atoms with Gasteiger partial charge in [0.1, 0.15) is 6.04 Å². The topological polar surface area (TPSA) is 67.9 Å². The van der Waals surface area contributed by atoms with Crippen molar-refractivity contribution in [2.75, 3.05) is 13.3 Å². The number of benzene rings is 2. The van der Waals surface area contributed by atoms with Crippen LogP contribution in [0.15, 0.2) is 48.5 Å². The fourth-order valence-corrected chi connectivity index (χ4v) is 3.54. The summed E-state index contributed by atoms with van der Waals surface area (Å²) >= 11 is 0. The van der Waals surface area contributed by atoms with Crippen LogP contribution in [0.5, 0.6) is 11.5 Å². The molecule has 1 aliphatic rings. The van der Waals surface area contributed by atoms with Crippen LogP contribution in [0.2, 0.25) is 0 Å². The highest BCUT2D eigenvalue weighted by atomic mass is 16.7. The van der Waals surface area contributed by atoms with Gasteiger partial charge >= 0.3 is 0 Å². The monoisotopic (exact) mass is 424 g/mol. The molecule has 1 heterocycles. The summed E-state index contributed by atoms with van der Waals surface area (Å²) in [6.07, 6.45) is 1.59. The Hall–Kier alpha value is -3.02. The van der Waals surface area contributed by atoms with E-state index in [2.05, 4.69) is 5.32 Å². The van der Waals surface area contributed by atoms with Gasteiger partial charge in [0.05, 0.1) is 0 Å². The lowest BCUT2D eigenvalue weighted by Crippen LogP contribution is -2.53. The Balaban J connectivity index is 1.67. The number of nitrogens with one attached hydrogen (secondary N) is 1. The number of hydrogen-bond donors (Lipinski definition) is 1. The summed E-state index contributed by atoms with van der Waals surface area (Å²) in [5.74, 6) is 1.26. The fraction of sp³-hybridized carbons (Fsp3) is 0.440. The molecule has 1 atom stereocenters. The first kappa shape index (κ1) is 22.7. The predicted molar refractivity (Wildman–Crippen MR) is 120 cm³/mol. The number of carbonyl (C=O) groups excluding carboxylic acids is 2. The van der Waals surface area contributed by atoms with Crippen molar-refractivity contribution in [1.29, 1.82) is 0 Å². The number of carbonyl (C=O) groups is 2. The third-order valence-corrected chi connectivity index (χ3v) is 5.21. The summed E-state index contributed by atoms with van der Waals surface area (Å²) in [6, 6.07) is 15.2. The van der Waals surface area contributed by atoms with Crippen LogP contribution in [-0.2, 0) is 22.4 Å². The van der Waals surface area contributed by atoms with Crippen molar-refractivity contribution in [3.8, 4) is 11.5 Å². The van der Waals surface area contributed by atoms with E-state index < -0.39 is 6.04 Å². The Bertz CT molecular complexity index is 905. The molecular formula is C25H32N2O4. The molecule has 0 aliphatic carbocycles. The highest BCUT2D eigenvalue weighted by Gasteiger charge is 2.28. The van der Waals surface area contributed by atoms with Gasteiger partial charge < -0.3 is 19.7 Å². The predicted octanol–water partition coefficient (Wildman–Crippen LogP) is 3.72. The molecule has 0 spiro atoms. The maximum Gasteiger partial charge on any atom is 0.242 e. The van der Waals surface area contributed by atoms with Crippen LogP contribution in [0.1, 0.15) is 45.2 Å². The normalized spacial score (nSPS) is 13.5. The molecule has 1 aliphatic heterocycles. The molecule has 0 radical (unpaired) electrons. The maximum absolute atomic E-state index is 13.2. The first-order valence-corrected chi connectivity index (χ1v) is 10.8. The summed E-state index contributed by atoms with van der Waals surface area (Å²) in [5, 5.41) is 2.99. The van der Waals surface area contributed by atoms with Crippen molar-refractivity contribution in [2.24, 2.45) is 0 Å². The fourth-order valence-electron chi connectivity index (χ4n) is 3.54. The van der Waals surface area contributed by atoms with Crippen LogP contribution in [0.4, 0.5) is 0 Å². The number of fused-ring (bicyclic) bond motifs is 1. The number of hydrogen-bond acceptors (Lipinski definition) is 4. The van der Waals surface area contributed by atoms with Crippen molar-refractivity contribution in [2.45, 2.75) is 58.5 Å².